The maximum Gasteiger partial charge on any atom is 0.141 e. The first kappa shape index (κ1) is 15.5. The summed E-state index contributed by atoms with van der Waals surface area (Å²) in [5, 5.41) is 0. The molecule has 0 aliphatic rings. The third-order valence-electron chi connectivity index (χ3n) is 3.33. The molecule has 0 fully saturated rings. The Kier molecular flexibility index (Phi) is 5.22. The van der Waals surface area contributed by atoms with E-state index < -0.39 is 0 Å². The first-order chi connectivity index (χ1) is 9.54. The van der Waals surface area contributed by atoms with Crippen LogP contribution in [0.15, 0.2) is 46.9 Å². The summed E-state index contributed by atoms with van der Waals surface area (Å²) in [7, 11) is 1.55. The fraction of sp³-hybridized carbons (Fsp3) is 0.250. The molecule has 0 radical (unpaired) electrons. The second-order valence-electron chi connectivity index (χ2n) is 4.61. The topological polar surface area (TPSA) is 9.23 Å². The van der Waals surface area contributed by atoms with E-state index in [4.69, 9.17) is 4.74 Å². The van der Waals surface area contributed by atoms with Crippen molar-refractivity contribution >= 4 is 31.9 Å². The van der Waals surface area contributed by atoms with Crippen molar-refractivity contribution in [3.63, 3.8) is 0 Å². The molecule has 0 aromatic heterocycles. The van der Waals surface area contributed by atoms with Gasteiger partial charge in [-0.05, 0) is 33.5 Å². The molecule has 0 saturated carbocycles. The predicted octanol–water partition coefficient (Wildman–Crippen LogP) is 5.84. The largest absolute Gasteiger partial charge is 0.496 e. The van der Waals surface area contributed by atoms with Crippen LogP contribution < -0.4 is 4.74 Å². The Morgan fingerprint density at radius 2 is 1.80 bits per heavy atom. The van der Waals surface area contributed by atoms with Crippen molar-refractivity contribution in [3.8, 4) is 5.75 Å². The average Bonchev–Trinajstić information content (AvgIpc) is 2.49. The third-order valence-corrected chi connectivity index (χ3v) is 5.23. The van der Waals surface area contributed by atoms with Gasteiger partial charge in [-0.1, -0.05) is 53.2 Å². The highest BCUT2D eigenvalue weighted by Gasteiger charge is 2.22. The molecule has 0 aliphatic carbocycles. The summed E-state index contributed by atoms with van der Waals surface area (Å²) >= 11 is 6.95. The first-order valence-corrected chi connectivity index (χ1v) is 7.97. The minimum absolute atomic E-state index is 0.0387. The quantitative estimate of drug-likeness (QED) is 0.585. The molecule has 2 unspecified atom stereocenters. The van der Waals surface area contributed by atoms with E-state index in [9.17, 15) is 4.39 Å². The minimum atomic E-state index is -0.322. The molecule has 0 spiro atoms. The van der Waals surface area contributed by atoms with Crippen molar-refractivity contribution in [2.75, 3.05) is 7.11 Å². The van der Waals surface area contributed by atoms with Crippen LogP contribution in [0.2, 0.25) is 0 Å². The Morgan fingerprint density at radius 1 is 1.15 bits per heavy atom. The van der Waals surface area contributed by atoms with E-state index in [1.807, 2.05) is 18.2 Å². The average molecular weight is 402 g/mol. The summed E-state index contributed by atoms with van der Waals surface area (Å²) < 4.78 is 19.3. The van der Waals surface area contributed by atoms with Gasteiger partial charge in [0.15, 0.2) is 0 Å². The number of halogens is 3. The molecule has 0 saturated heterocycles. The molecule has 2 rings (SSSR count). The Hall–Kier alpha value is -0.870. The van der Waals surface area contributed by atoms with Crippen molar-refractivity contribution in [2.45, 2.75) is 17.7 Å². The van der Waals surface area contributed by atoms with E-state index in [1.165, 1.54) is 11.6 Å². The fourth-order valence-corrected chi connectivity index (χ4v) is 3.16. The van der Waals surface area contributed by atoms with E-state index >= 15 is 0 Å². The summed E-state index contributed by atoms with van der Waals surface area (Å²) in [4.78, 5) is 0.0387. The molecule has 106 valence electrons. The highest BCUT2D eigenvalue weighted by molar-refractivity contribution is 9.10. The van der Waals surface area contributed by atoms with Crippen LogP contribution in [-0.4, -0.2) is 7.11 Å². The third kappa shape index (κ3) is 3.23. The Bertz CT molecular complexity index is 587. The Labute approximate surface area is 135 Å². The zero-order chi connectivity index (χ0) is 14.7. The maximum atomic E-state index is 13.6. The second-order valence-corrected chi connectivity index (χ2v) is 6.45. The standard InChI is InChI=1S/C16H15Br2FO/c1-10(11-6-4-3-5-7-11)16(18)12-8-13(17)14(19)9-15(12)20-2/h3-10,16H,1-2H3. The van der Waals surface area contributed by atoms with E-state index in [0.29, 0.717) is 10.2 Å². The van der Waals surface area contributed by atoms with Crippen molar-refractivity contribution in [1.29, 1.82) is 0 Å². The van der Waals surface area contributed by atoms with Crippen molar-refractivity contribution in [1.82, 2.24) is 0 Å². The Balaban J connectivity index is 2.38. The molecule has 0 amide bonds. The zero-order valence-electron chi connectivity index (χ0n) is 11.2. The first-order valence-electron chi connectivity index (χ1n) is 6.26. The van der Waals surface area contributed by atoms with Crippen LogP contribution in [0.3, 0.4) is 0 Å². The summed E-state index contributed by atoms with van der Waals surface area (Å²) in [6, 6.07) is 13.4. The van der Waals surface area contributed by atoms with Gasteiger partial charge in [-0.25, -0.2) is 4.39 Å². The van der Waals surface area contributed by atoms with E-state index in [1.54, 1.807) is 13.2 Å². The van der Waals surface area contributed by atoms with E-state index in [-0.39, 0.29) is 16.6 Å². The van der Waals surface area contributed by atoms with Crippen LogP contribution in [0.25, 0.3) is 0 Å². The SMILES string of the molecule is COc1cc(F)c(Br)cc1C(Br)C(C)c1ccccc1. The zero-order valence-corrected chi connectivity index (χ0v) is 14.4. The van der Waals surface area contributed by atoms with E-state index in [0.717, 1.165) is 5.56 Å². The summed E-state index contributed by atoms with van der Waals surface area (Å²) in [5.74, 6) is 0.468. The number of ether oxygens (including phenoxy) is 1. The lowest BCUT2D eigenvalue weighted by Crippen LogP contribution is -2.04. The summed E-state index contributed by atoms with van der Waals surface area (Å²) in [6.45, 7) is 2.13. The van der Waals surface area contributed by atoms with Gasteiger partial charge in [0, 0.05) is 16.5 Å². The molecule has 0 N–H and O–H groups in total. The molecule has 2 atom stereocenters. The van der Waals surface area contributed by atoms with Gasteiger partial charge in [0.1, 0.15) is 11.6 Å². The normalized spacial score (nSPS) is 13.8. The highest BCUT2D eigenvalue weighted by atomic mass is 79.9. The number of benzene rings is 2. The molecule has 20 heavy (non-hydrogen) atoms. The highest BCUT2D eigenvalue weighted by Crippen LogP contribution is 2.43. The lowest BCUT2D eigenvalue weighted by molar-refractivity contribution is 0.404. The van der Waals surface area contributed by atoms with Crippen LogP contribution in [0.4, 0.5) is 4.39 Å². The molecule has 2 aromatic carbocycles. The molecule has 1 nitrogen and oxygen atoms in total. The number of alkyl halides is 1. The fourth-order valence-electron chi connectivity index (χ4n) is 2.13. The lowest BCUT2D eigenvalue weighted by atomic mass is 9.93. The Morgan fingerprint density at radius 3 is 2.40 bits per heavy atom. The van der Waals surface area contributed by atoms with Gasteiger partial charge in [0.2, 0.25) is 0 Å². The predicted molar refractivity (Wildman–Crippen MR) is 87.2 cm³/mol. The van der Waals surface area contributed by atoms with Crippen molar-refractivity contribution in [3.05, 3.63) is 63.9 Å². The monoisotopic (exact) mass is 400 g/mol. The van der Waals surface area contributed by atoms with Gasteiger partial charge in [-0.2, -0.15) is 0 Å². The van der Waals surface area contributed by atoms with Crippen molar-refractivity contribution < 1.29 is 9.13 Å². The van der Waals surface area contributed by atoms with Gasteiger partial charge < -0.3 is 4.74 Å². The van der Waals surface area contributed by atoms with Crippen LogP contribution in [-0.2, 0) is 0 Å². The molecule has 0 bridgehead atoms. The smallest absolute Gasteiger partial charge is 0.141 e. The number of hydrogen-bond acceptors (Lipinski definition) is 1. The molecule has 4 heteroatoms. The lowest BCUT2D eigenvalue weighted by Gasteiger charge is -2.21. The van der Waals surface area contributed by atoms with Crippen LogP contribution in [0, 0.1) is 5.82 Å². The number of rotatable bonds is 4. The molecular formula is C16H15Br2FO. The number of methoxy groups -OCH3 is 1. The van der Waals surface area contributed by atoms with E-state index in [2.05, 4.69) is 50.9 Å². The second kappa shape index (κ2) is 6.72. The minimum Gasteiger partial charge on any atom is -0.496 e. The summed E-state index contributed by atoms with van der Waals surface area (Å²) in [5.41, 5.74) is 2.15. The van der Waals surface area contributed by atoms with Gasteiger partial charge >= 0.3 is 0 Å². The van der Waals surface area contributed by atoms with Crippen molar-refractivity contribution in [2.24, 2.45) is 0 Å². The molecule has 2 aromatic rings. The van der Waals surface area contributed by atoms with Crippen LogP contribution >= 0.6 is 31.9 Å². The van der Waals surface area contributed by atoms with Gasteiger partial charge in [0.25, 0.3) is 0 Å². The van der Waals surface area contributed by atoms with Gasteiger partial charge in [-0.3, -0.25) is 0 Å². The maximum absolute atomic E-state index is 13.6. The van der Waals surface area contributed by atoms with Gasteiger partial charge in [0.05, 0.1) is 11.6 Å². The molecular weight excluding hydrogens is 387 g/mol. The molecule has 0 heterocycles. The van der Waals surface area contributed by atoms with Gasteiger partial charge in [-0.15, -0.1) is 0 Å². The van der Waals surface area contributed by atoms with Crippen LogP contribution in [0.5, 0.6) is 5.75 Å². The van der Waals surface area contributed by atoms with Crippen LogP contribution in [0.1, 0.15) is 28.8 Å². The molecule has 0 aliphatic heterocycles. The number of hydrogen-bond donors (Lipinski definition) is 0. The summed E-state index contributed by atoms with van der Waals surface area (Å²) in [6.07, 6.45) is 0.